The van der Waals surface area contributed by atoms with Gasteiger partial charge in [0, 0.05) is 61.0 Å². The Balaban J connectivity index is 1.30. The molecule has 4 rings (SSSR count). The Bertz CT molecular complexity index is 1020. The zero-order chi connectivity index (χ0) is 22.2. The summed E-state index contributed by atoms with van der Waals surface area (Å²) in [5, 5.41) is 3.78. The van der Waals surface area contributed by atoms with Crippen molar-refractivity contribution in [2.24, 2.45) is 0 Å². The first-order valence-electron chi connectivity index (χ1n) is 11.2. The van der Waals surface area contributed by atoms with E-state index in [2.05, 4.69) is 28.2 Å². The van der Waals surface area contributed by atoms with Crippen molar-refractivity contribution in [1.29, 1.82) is 0 Å². The maximum Gasteiger partial charge on any atom is 0.251 e. The molecule has 1 fully saturated rings. The van der Waals surface area contributed by atoms with Crippen molar-refractivity contribution in [2.75, 3.05) is 24.5 Å². The van der Waals surface area contributed by atoms with Gasteiger partial charge in [0.25, 0.3) is 5.91 Å². The summed E-state index contributed by atoms with van der Waals surface area (Å²) < 4.78 is 0. The van der Waals surface area contributed by atoms with E-state index in [-0.39, 0.29) is 5.91 Å². The number of benzene rings is 1. The number of rotatable bonds is 9. The Morgan fingerprint density at radius 1 is 1.06 bits per heavy atom. The van der Waals surface area contributed by atoms with Crippen LogP contribution in [0.1, 0.15) is 47.1 Å². The van der Waals surface area contributed by atoms with Crippen LogP contribution in [0, 0.1) is 0 Å². The van der Waals surface area contributed by atoms with Gasteiger partial charge in [-0.1, -0.05) is 36.9 Å². The summed E-state index contributed by atoms with van der Waals surface area (Å²) in [4.78, 5) is 28.5. The van der Waals surface area contributed by atoms with Gasteiger partial charge in [0.2, 0.25) is 0 Å². The first-order chi connectivity index (χ1) is 15.7. The van der Waals surface area contributed by atoms with Crippen molar-refractivity contribution in [3.05, 3.63) is 77.2 Å². The number of thioether (sulfide) groups is 1. The number of anilines is 1. The highest BCUT2D eigenvalue weighted by atomic mass is 32.2. The van der Waals surface area contributed by atoms with Gasteiger partial charge in [-0.15, -0.1) is 0 Å². The SMILES string of the molecule is CCc1cc(N2CCCC2)nc(SCc2ccc(C(=O)NCCc3ccccn3)cc2)n1. The highest BCUT2D eigenvalue weighted by molar-refractivity contribution is 7.98. The second-order valence-electron chi connectivity index (χ2n) is 7.86. The number of aromatic nitrogens is 3. The predicted octanol–water partition coefficient (Wildman–Crippen LogP) is 4.30. The van der Waals surface area contributed by atoms with Crippen LogP contribution in [0.15, 0.2) is 59.9 Å². The molecule has 6 nitrogen and oxygen atoms in total. The molecule has 0 bridgehead atoms. The minimum atomic E-state index is -0.0608. The molecule has 1 aromatic carbocycles. The molecule has 1 amide bonds. The lowest BCUT2D eigenvalue weighted by molar-refractivity contribution is 0.0954. The molecule has 0 spiro atoms. The molecule has 1 saturated heterocycles. The predicted molar refractivity (Wildman–Crippen MR) is 129 cm³/mol. The molecule has 3 heterocycles. The van der Waals surface area contributed by atoms with E-state index < -0.39 is 0 Å². The summed E-state index contributed by atoms with van der Waals surface area (Å²) in [6.07, 6.45) is 5.86. The molecule has 32 heavy (non-hydrogen) atoms. The topological polar surface area (TPSA) is 71.0 Å². The van der Waals surface area contributed by atoms with E-state index in [9.17, 15) is 4.79 Å². The molecule has 0 unspecified atom stereocenters. The molecular weight excluding hydrogens is 418 g/mol. The van der Waals surface area contributed by atoms with Crippen LogP contribution in [0.2, 0.25) is 0 Å². The largest absolute Gasteiger partial charge is 0.356 e. The first-order valence-corrected chi connectivity index (χ1v) is 12.2. The van der Waals surface area contributed by atoms with E-state index in [1.165, 1.54) is 12.8 Å². The molecule has 166 valence electrons. The number of hydrogen-bond donors (Lipinski definition) is 1. The third-order valence-electron chi connectivity index (χ3n) is 5.51. The lowest BCUT2D eigenvalue weighted by Crippen LogP contribution is -2.25. The van der Waals surface area contributed by atoms with Crippen LogP contribution < -0.4 is 10.2 Å². The molecule has 1 aliphatic heterocycles. The van der Waals surface area contributed by atoms with E-state index in [0.29, 0.717) is 12.1 Å². The molecule has 7 heteroatoms. The second-order valence-corrected chi connectivity index (χ2v) is 8.80. The average molecular weight is 448 g/mol. The normalized spacial score (nSPS) is 13.3. The van der Waals surface area contributed by atoms with Gasteiger partial charge < -0.3 is 10.2 Å². The van der Waals surface area contributed by atoms with Gasteiger partial charge in [0.1, 0.15) is 5.82 Å². The summed E-state index contributed by atoms with van der Waals surface area (Å²) in [6, 6.07) is 15.7. The fourth-order valence-electron chi connectivity index (χ4n) is 3.67. The van der Waals surface area contributed by atoms with Crippen LogP contribution >= 0.6 is 11.8 Å². The van der Waals surface area contributed by atoms with Crippen LogP contribution in [-0.2, 0) is 18.6 Å². The Labute approximate surface area is 193 Å². The molecule has 1 aliphatic rings. The van der Waals surface area contributed by atoms with E-state index in [1.807, 2.05) is 42.5 Å². The Morgan fingerprint density at radius 2 is 1.88 bits per heavy atom. The van der Waals surface area contributed by atoms with Gasteiger partial charge in [0.15, 0.2) is 5.16 Å². The van der Waals surface area contributed by atoms with Gasteiger partial charge in [-0.3, -0.25) is 9.78 Å². The lowest BCUT2D eigenvalue weighted by Gasteiger charge is -2.17. The highest BCUT2D eigenvalue weighted by Crippen LogP contribution is 2.25. The van der Waals surface area contributed by atoms with Gasteiger partial charge in [0.05, 0.1) is 0 Å². The quantitative estimate of drug-likeness (QED) is 0.390. The summed E-state index contributed by atoms with van der Waals surface area (Å²) in [5.41, 5.74) is 3.87. The Kier molecular flexibility index (Phi) is 7.72. The molecule has 0 radical (unpaired) electrons. The van der Waals surface area contributed by atoms with Crippen molar-refractivity contribution in [1.82, 2.24) is 20.3 Å². The maximum absolute atomic E-state index is 12.4. The minimum Gasteiger partial charge on any atom is -0.356 e. The van der Waals surface area contributed by atoms with Gasteiger partial charge >= 0.3 is 0 Å². The highest BCUT2D eigenvalue weighted by Gasteiger charge is 2.16. The average Bonchev–Trinajstić information content (AvgIpc) is 3.39. The number of nitrogens with zero attached hydrogens (tertiary/aromatic N) is 4. The van der Waals surface area contributed by atoms with Crippen molar-refractivity contribution in [2.45, 2.75) is 43.5 Å². The van der Waals surface area contributed by atoms with Crippen LogP contribution in [-0.4, -0.2) is 40.5 Å². The van der Waals surface area contributed by atoms with Crippen LogP contribution in [0.3, 0.4) is 0 Å². The Morgan fingerprint density at radius 3 is 2.59 bits per heavy atom. The molecule has 0 saturated carbocycles. The van der Waals surface area contributed by atoms with Crippen LogP contribution in [0.25, 0.3) is 0 Å². The standard InChI is InChI=1S/C25H29N5OS/c1-2-21-17-23(30-15-5-6-16-30)29-25(28-21)32-18-19-8-10-20(11-9-19)24(31)27-14-12-22-7-3-4-13-26-22/h3-4,7-11,13,17H,2,5-6,12,14-16,18H2,1H3,(H,27,31). The number of nitrogens with one attached hydrogen (secondary N) is 1. The number of carbonyl (C=O) groups excluding carboxylic acids is 1. The van der Waals surface area contributed by atoms with Crippen molar-refractivity contribution < 1.29 is 4.79 Å². The summed E-state index contributed by atoms with van der Waals surface area (Å²) in [7, 11) is 0. The van der Waals surface area contributed by atoms with Gasteiger partial charge in [-0.2, -0.15) is 0 Å². The van der Waals surface area contributed by atoms with E-state index in [4.69, 9.17) is 9.97 Å². The third-order valence-corrected chi connectivity index (χ3v) is 6.43. The van der Waals surface area contributed by atoms with E-state index in [0.717, 1.165) is 59.6 Å². The van der Waals surface area contributed by atoms with Crippen LogP contribution in [0.5, 0.6) is 0 Å². The molecule has 0 atom stereocenters. The maximum atomic E-state index is 12.4. The fourth-order valence-corrected chi connectivity index (χ4v) is 4.49. The summed E-state index contributed by atoms with van der Waals surface area (Å²) in [6.45, 7) is 4.86. The van der Waals surface area contributed by atoms with Gasteiger partial charge in [-0.25, -0.2) is 9.97 Å². The van der Waals surface area contributed by atoms with Crippen molar-refractivity contribution >= 4 is 23.5 Å². The van der Waals surface area contributed by atoms with Gasteiger partial charge in [-0.05, 0) is 49.1 Å². The van der Waals surface area contributed by atoms with Crippen LogP contribution in [0.4, 0.5) is 5.82 Å². The molecule has 1 N–H and O–H groups in total. The number of hydrogen-bond acceptors (Lipinski definition) is 6. The lowest BCUT2D eigenvalue weighted by atomic mass is 10.1. The number of pyridine rings is 1. The fraction of sp³-hybridized carbons (Fsp3) is 0.360. The zero-order valence-electron chi connectivity index (χ0n) is 18.5. The zero-order valence-corrected chi connectivity index (χ0v) is 19.3. The summed E-state index contributed by atoms with van der Waals surface area (Å²) >= 11 is 1.65. The molecule has 3 aromatic rings. The smallest absolute Gasteiger partial charge is 0.251 e. The second kappa shape index (κ2) is 11.1. The number of amides is 1. The number of carbonyl (C=O) groups is 1. The summed E-state index contributed by atoms with van der Waals surface area (Å²) in [5.74, 6) is 1.76. The Hall–Kier alpha value is -2.93. The molecule has 0 aliphatic carbocycles. The van der Waals surface area contributed by atoms with Crippen molar-refractivity contribution in [3.63, 3.8) is 0 Å². The monoisotopic (exact) mass is 447 g/mol. The first kappa shape index (κ1) is 22.3. The van der Waals surface area contributed by atoms with E-state index >= 15 is 0 Å². The van der Waals surface area contributed by atoms with E-state index in [1.54, 1.807) is 18.0 Å². The van der Waals surface area contributed by atoms with Crippen molar-refractivity contribution in [3.8, 4) is 0 Å². The molecule has 2 aromatic heterocycles. The third kappa shape index (κ3) is 6.07. The molecular formula is C25H29N5OS. The number of aryl methyl sites for hydroxylation is 1. The minimum absolute atomic E-state index is 0.0608.